The van der Waals surface area contributed by atoms with Gasteiger partial charge in [0.2, 0.25) is 0 Å². The first kappa shape index (κ1) is 13.2. The number of aromatic nitrogens is 2. The van der Waals surface area contributed by atoms with E-state index in [-0.39, 0.29) is 0 Å². The zero-order valence-electron chi connectivity index (χ0n) is 11.6. The topological polar surface area (TPSA) is 52.1 Å². The van der Waals surface area contributed by atoms with E-state index in [1.165, 1.54) is 0 Å². The van der Waals surface area contributed by atoms with E-state index in [1.807, 2.05) is 43.3 Å². The third-order valence-electron chi connectivity index (χ3n) is 3.26. The van der Waals surface area contributed by atoms with Crippen molar-refractivity contribution >= 4 is 17.1 Å². The van der Waals surface area contributed by atoms with E-state index >= 15 is 0 Å². The van der Waals surface area contributed by atoms with Crippen LogP contribution in [0.15, 0.2) is 48.7 Å². The SMILES string of the molecule is Cc1ccc(OCc2nccc3ccccc23)c(C=O)n1. The number of fused-ring (bicyclic) bond motifs is 1. The molecular formula is C17H14N2O2. The molecule has 0 atom stereocenters. The highest BCUT2D eigenvalue weighted by atomic mass is 16.5. The minimum atomic E-state index is 0.299. The zero-order valence-corrected chi connectivity index (χ0v) is 11.6. The van der Waals surface area contributed by atoms with Gasteiger partial charge in [-0.3, -0.25) is 9.78 Å². The van der Waals surface area contributed by atoms with Gasteiger partial charge in [0.15, 0.2) is 6.29 Å². The van der Waals surface area contributed by atoms with Gasteiger partial charge in [0, 0.05) is 17.3 Å². The van der Waals surface area contributed by atoms with Crippen LogP contribution in [0.1, 0.15) is 21.9 Å². The lowest BCUT2D eigenvalue weighted by Gasteiger charge is -2.09. The average Bonchev–Trinajstić information content (AvgIpc) is 2.53. The largest absolute Gasteiger partial charge is 0.485 e. The smallest absolute Gasteiger partial charge is 0.172 e. The molecule has 0 spiro atoms. The Bertz CT molecular complexity index is 794. The van der Waals surface area contributed by atoms with Crippen LogP contribution in [0, 0.1) is 6.92 Å². The van der Waals surface area contributed by atoms with Gasteiger partial charge in [-0.1, -0.05) is 24.3 Å². The van der Waals surface area contributed by atoms with Gasteiger partial charge >= 0.3 is 0 Å². The third kappa shape index (κ3) is 2.74. The number of carbonyl (C=O) groups is 1. The average molecular weight is 278 g/mol. The molecule has 0 N–H and O–H groups in total. The predicted molar refractivity (Wildman–Crippen MR) is 80.4 cm³/mol. The molecule has 0 unspecified atom stereocenters. The third-order valence-corrected chi connectivity index (χ3v) is 3.26. The molecule has 4 nitrogen and oxygen atoms in total. The minimum absolute atomic E-state index is 0.299. The summed E-state index contributed by atoms with van der Waals surface area (Å²) in [5.74, 6) is 0.477. The summed E-state index contributed by atoms with van der Waals surface area (Å²) in [6.45, 7) is 2.13. The Balaban J connectivity index is 1.89. The molecule has 4 heteroatoms. The fraction of sp³-hybridized carbons (Fsp3) is 0.118. The molecule has 1 aromatic carbocycles. The highest BCUT2D eigenvalue weighted by molar-refractivity contribution is 5.84. The van der Waals surface area contributed by atoms with Crippen LogP contribution in [-0.4, -0.2) is 16.3 Å². The van der Waals surface area contributed by atoms with Crippen LogP contribution in [0.2, 0.25) is 0 Å². The van der Waals surface area contributed by atoms with Crippen molar-refractivity contribution in [1.82, 2.24) is 9.97 Å². The Morgan fingerprint density at radius 1 is 1.14 bits per heavy atom. The summed E-state index contributed by atoms with van der Waals surface area (Å²) in [5.41, 5.74) is 1.94. The van der Waals surface area contributed by atoms with Crippen LogP contribution in [0.4, 0.5) is 0 Å². The van der Waals surface area contributed by atoms with Gasteiger partial charge in [-0.2, -0.15) is 0 Å². The van der Waals surface area contributed by atoms with E-state index in [1.54, 1.807) is 12.3 Å². The zero-order chi connectivity index (χ0) is 14.7. The molecule has 0 saturated heterocycles. The number of aldehydes is 1. The molecule has 0 saturated carbocycles. The van der Waals surface area contributed by atoms with E-state index in [0.717, 1.165) is 22.2 Å². The van der Waals surface area contributed by atoms with Gasteiger partial charge in [0.25, 0.3) is 0 Å². The van der Waals surface area contributed by atoms with E-state index in [2.05, 4.69) is 9.97 Å². The van der Waals surface area contributed by atoms with Crippen molar-refractivity contribution < 1.29 is 9.53 Å². The van der Waals surface area contributed by atoms with Gasteiger partial charge in [0.05, 0.1) is 5.69 Å². The van der Waals surface area contributed by atoms with Crippen molar-refractivity contribution in [1.29, 1.82) is 0 Å². The Hall–Kier alpha value is -2.75. The van der Waals surface area contributed by atoms with Crippen LogP contribution in [0.5, 0.6) is 5.75 Å². The number of benzene rings is 1. The molecular weight excluding hydrogens is 264 g/mol. The van der Waals surface area contributed by atoms with Crippen LogP contribution < -0.4 is 4.74 Å². The number of hydrogen-bond donors (Lipinski definition) is 0. The molecule has 0 aliphatic carbocycles. The first-order valence-corrected chi connectivity index (χ1v) is 6.66. The highest BCUT2D eigenvalue weighted by Crippen LogP contribution is 2.20. The lowest BCUT2D eigenvalue weighted by molar-refractivity contribution is 0.111. The molecule has 0 aliphatic rings. The monoisotopic (exact) mass is 278 g/mol. The summed E-state index contributed by atoms with van der Waals surface area (Å²) >= 11 is 0. The molecule has 21 heavy (non-hydrogen) atoms. The molecule has 104 valence electrons. The molecule has 0 amide bonds. The molecule has 3 aromatic rings. The maximum absolute atomic E-state index is 11.0. The summed E-state index contributed by atoms with van der Waals surface area (Å²) in [6.07, 6.45) is 2.47. The maximum atomic E-state index is 11.0. The fourth-order valence-corrected chi connectivity index (χ4v) is 2.21. The second kappa shape index (κ2) is 5.71. The molecule has 0 fully saturated rings. The van der Waals surface area contributed by atoms with Crippen molar-refractivity contribution in [2.45, 2.75) is 13.5 Å². The lowest BCUT2D eigenvalue weighted by Crippen LogP contribution is -2.03. The Morgan fingerprint density at radius 3 is 2.86 bits per heavy atom. The van der Waals surface area contributed by atoms with Crippen molar-refractivity contribution in [3.63, 3.8) is 0 Å². The molecule has 0 aliphatic heterocycles. The van der Waals surface area contributed by atoms with E-state index in [9.17, 15) is 4.79 Å². The van der Waals surface area contributed by atoms with E-state index in [4.69, 9.17) is 4.74 Å². The van der Waals surface area contributed by atoms with Gasteiger partial charge in [-0.15, -0.1) is 0 Å². The highest BCUT2D eigenvalue weighted by Gasteiger charge is 2.07. The Labute approximate surface area is 122 Å². The van der Waals surface area contributed by atoms with Gasteiger partial charge in [-0.05, 0) is 30.5 Å². The van der Waals surface area contributed by atoms with Crippen molar-refractivity contribution in [3.05, 3.63) is 65.7 Å². The van der Waals surface area contributed by atoms with Gasteiger partial charge < -0.3 is 4.74 Å². The molecule has 0 bridgehead atoms. The first-order chi connectivity index (χ1) is 10.3. The van der Waals surface area contributed by atoms with Crippen LogP contribution >= 0.6 is 0 Å². The van der Waals surface area contributed by atoms with Crippen molar-refractivity contribution in [3.8, 4) is 5.75 Å². The second-order valence-corrected chi connectivity index (χ2v) is 4.72. The quantitative estimate of drug-likeness (QED) is 0.687. The number of ether oxygens (including phenoxy) is 1. The number of carbonyl (C=O) groups excluding carboxylic acids is 1. The standard InChI is InChI=1S/C17H14N2O2/c1-12-6-7-17(15(10-20)19-12)21-11-16-14-5-3-2-4-13(14)8-9-18-16/h2-10H,11H2,1H3. The number of nitrogens with zero attached hydrogens (tertiary/aromatic N) is 2. The number of aryl methyl sites for hydroxylation is 1. The van der Waals surface area contributed by atoms with Crippen molar-refractivity contribution in [2.24, 2.45) is 0 Å². The summed E-state index contributed by atoms with van der Waals surface area (Å²) in [5, 5.41) is 2.16. The normalized spacial score (nSPS) is 10.5. The second-order valence-electron chi connectivity index (χ2n) is 4.72. The fourth-order valence-electron chi connectivity index (χ4n) is 2.21. The number of hydrogen-bond acceptors (Lipinski definition) is 4. The number of rotatable bonds is 4. The molecule has 2 aromatic heterocycles. The van der Waals surface area contributed by atoms with Crippen LogP contribution in [-0.2, 0) is 6.61 Å². The number of pyridine rings is 2. The van der Waals surface area contributed by atoms with Crippen molar-refractivity contribution in [2.75, 3.05) is 0 Å². The van der Waals surface area contributed by atoms with E-state index < -0.39 is 0 Å². The Kier molecular flexibility index (Phi) is 3.60. The molecule has 0 radical (unpaired) electrons. The van der Waals surface area contributed by atoms with Gasteiger partial charge in [0.1, 0.15) is 18.1 Å². The van der Waals surface area contributed by atoms with E-state index in [0.29, 0.717) is 24.3 Å². The molecule has 3 rings (SSSR count). The van der Waals surface area contributed by atoms with Crippen LogP contribution in [0.25, 0.3) is 10.8 Å². The summed E-state index contributed by atoms with van der Waals surface area (Å²) in [7, 11) is 0. The molecule has 2 heterocycles. The summed E-state index contributed by atoms with van der Waals surface area (Å²) in [6, 6.07) is 13.5. The maximum Gasteiger partial charge on any atom is 0.172 e. The Morgan fingerprint density at radius 2 is 2.00 bits per heavy atom. The lowest BCUT2D eigenvalue weighted by atomic mass is 10.1. The summed E-state index contributed by atoms with van der Waals surface area (Å²) in [4.78, 5) is 19.6. The first-order valence-electron chi connectivity index (χ1n) is 6.66. The van der Waals surface area contributed by atoms with Gasteiger partial charge in [-0.25, -0.2) is 4.98 Å². The predicted octanol–water partition coefficient (Wildman–Crippen LogP) is 3.33. The minimum Gasteiger partial charge on any atom is -0.485 e. The van der Waals surface area contributed by atoms with Crippen LogP contribution in [0.3, 0.4) is 0 Å². The summed E-state index contributed by atoms with van der Waals surface area (Å²) < 4.78 is 5.72.